The Labute approximate surface area is 127 Å². The van der Waals surface area contributed by atoms with Gasteiger partial charge in [-0.2, -0.15) is 0 Å². The van der Waals surface area contributed by atoms with Gasteiger partial charge in [-0.15, -0.1) is 0 Å². The molecular formula is C16H26N2O3. The molecule has 1 aliphatic rings. The van der Waals surface area contributed by atoms with Gasteiger partial charge in [0, 0.05) is 18.3 Å². The van der Waals surface area contributed by atoms with E-state index in [1.54, 1.807) is 26.5 Å². The predicted molar refractivity (Wildman–Crippen MR) is 81.9 cm³/mol. The number of pyridine rings is 1. The van der Waals surface area contributed by atoms with E-state index < -0.39 is 0 Å². The standard InChI is InChI=1S/C16H26N2O3/c1-4-17-12-5-7-13(8-6-12)21-11-14-16(20-3)15(19-2)9-10-18-14/h9-10,12-13,17H,4-8,11H2,1-3H3. The Kier molecular flexibility index (Phi) is 6.26. The fraction of sp³-hybridized carbons (Fsp3) is 0.688. The molecule has 1 aliphatic carbocycles. The van der Waals surface area contributed by atoms with Crippen LogP contribution in [0.5, 0.6) is 11.5 Å². The molecule has 0 aromatic carbocycles. The summed E-state index contributed by atoms with van der Waals surface area (Å²) in [5.74, 6) is 1.36. The summed E-state index contributed by atoms with van der Waals surface area (Å²) in [5, 5.41) is 3.51. The van der Waals surface area contributed by atoms with Gasteiger partial charge in [0.25, 0.3) is 0 Å². The molecular weight excluding hydrogens is 268 g/mol. The van der Waals surface area contributed by atoms with Crippen LogP contribution < -0.4 is 14.8 Å². The molecule has 0 bridgehead atoms. The van der Waals surface area contributed by atoms with Gasteiger partial charge < -0.3 is 19.5 Å². The van der Waals surface area contributed by atoms with Gasteiger partial charge in [0.15, 0.2) is 11.5 Å². The normalized spacial score (nSPS) is 22.0. The van der Waals surface area contributed by atoms with E-state index in [1.165, 1.54) is 12.8 Å². The second-order valence-electron chi connectivity index (χ2n) is 5.34. The number of nitrogens with one attached hydrogen (secondary N) is 1. The highest BCUT2D eigenvalue weighted by Crippen LogP contribution is 2.30. The SMILES string of the molecule is CCNC1CCC(OCc2nccc(OC)c2OC)CC1. The predicted octanol–water partition coefficient (Wildman–Crippen LogP) is 2.54. The average molecular weight is 294 g/mol. The lowest BCUT2D eigenvalue weighted by atomic mass is 9.93. The monoisotopic (exact) mass is 294 g/mol. The minimum atomic E-state index is 0.317. The Morgan fingerprint density at radius 3 is 2.57 bits per heavy atom. The topological polar surface area (TPSA) is 52.6 Å². The lowest BCUT2D eigenvalue weighted by Gasteiger charge is -2.29. The Morgan fingerprint density at radius 2 is 1.95 bits per heavy atom. The van der Waals surface area contributed by atoms with Crippen molar-refractivity contribution >= 4 is 0 Å². The summed E-state index contributed by atoms with van der Waals surface area (Å²) in [4.78, 5) is 4.34. The van der Waals surface area contributed by atoms with Crippen molar-refractivity contribution in [1.82, 2.24) is 10.3 Å². The van der Waals surface area contributed by atoms with E-state index in [4.69, 9.17) is 14.2 Å². The zero-order valence-corrected chi connectivity index (χ0v) is 13.2. The third-order valence-corrected chi connectivity index (χ3v) is 3.99. The zero-order valence-electron chi connectivity index (χ0n) is 13.2. The molecule has 1 saturated carbocycles. The quantitative estimate of drug-likeness (QED) is 0.837. The Bertz CT molecular complexity index is 432. The minimum absolute atomic E-state index is 0.317. The second-order valence-corrected chi connectivity index (χ2v) is 5.34. The number of hydrogen-bond acceptors (Lipinski definition) is 5. The van der Waals surface area contributed by atoms with Gasteiger partial charge in [-0.25, -0.2) is 0 Å². The van der Waals surface area contributed by atoms with Gasteiger partial charge in [-0.1, -0.05) is 6.92 Å². The van der Waals surface area contributed by atoms with Gasteiger partial charge in [0.2, 0.25) is 0 Å². The van der Waals surface area contributed by atoms with Crippen molar-refractivity contribution in [3.8, 4) is 11.5 Å². The number of methoxy groups -OCH3 is 2. The maximum atomic E-state index is 6.01. The van der Waals surface area contributed by atoms with Crippen molar-refractivity contribution < 1.29 is 14.2 Å². The van der Waals surface area contributed by atoms with Gasteiger partial charge in [0.1, 0.15) is 5.69 Å². The van der Waals surface area contributed by atoms with Crippen molar-refractivity contribution in [3.63, 3.8) is 0 Å². The Morgan fingerprint density at radius 1 is 1.19 bits per heavy atom. The van der Waals surface area contributed by atoms with Crippen LogP contribution in [0.15, 0.2) is 12.3 Å². The lowest BCUT2D eigenvalue weighted by Crippen LogP contribution is -2.35. The second kappa shape index (κ2) is 8.20. The maximum Gasteiger partial charge on any atom is 0.184 e. The average Bonchev–Trinajstić information content (AvgIpc) is 2.54. The molecule has 1 fully saturated rings. The molecule has 0 spiro atoms. The van der Waals surface area contributed by atoms with Crippen LogP contribution in [0.1, 0.15) is 38.3 Å². The molecule has 1 heterocycles. The van der Waals surface area contributed by atoms with E-state index in [9.17, 15) is 0 Å². The molecule has 1 N–H and O–H groups in total. The highest BCUT2D eigenvalue weighted by Gasteiger charge is 2.21. The first-order valence-corrected chi connectivity index (χ1v) is 7.69. The minimum Gasteiger partial charge on any atom is -0.493 e. The molecule has 2 rings (SSSR count). The van der Waals surface area contributed by atoms with Crippen molar-refractivity contribution in [2.45, 2.75) is 51.4 Å². The number of aromatic nitrogens is 1. The first kappa shape index (κ1) is 16.0. The van der Waals surface area contributed by atoms with Crippen LogP contribution in [0.25, 0.3) is 0 Å². The molecule has 0 unspecified atom stereocenters. The summed E-state index contributed by atoms with van der Waals surface area (Å²) in [6.07, 6.45) is 6.61. The molecule has 0 atom stereocenters. The van der Waals surface area contributed by atoms with Crippen molar-refractivity contribution in [3.05, 3.63) is 18.0 Å². The molecule has 21 heavy (non-hydrogen) atoms. The Balaban J connectivity index is 1.86. The van der Waals surface area contributed by atoms with Crippen LogP contribution in [-0.2, 0) is 11.3 Å². The van der Waals surface area contributed by atoms with E-state index in [1.807, 2.05) is 0 Å². The molecule has 0 aliphatic heterocycles. The molecule has 1 aromatic rings. The summed E-state index contributed by atoms with van der Waals surface area (Å²) >= 11 is 0. The van der Waals surface area contributed by atoms with Crippen molar-refractivity contribution in [1.29, 1.82) is 0 Å². The summed E-state index contributed by atoms with van der Waals surface area (Å²) in [7, 11) is 3.26. The van der Waals surface area contributed by atoms with Crippen LogP contribution in [0, 0.1) is 0 Å². The number of nitrogens with zero attached hydrogens (tertiary/aromatic N) is 1. The van der Waals surface area contributed by atoms with Crippen LogP contribution in [-0.4, -0.2) is 37.9 Å². The van der Waals surface area contributed by atoms with Crippen molar-refractivity contribution in [2.24, 2.45) is 0 Å². The summed E-state index contributed by atoms with van der Waals surface area (Å²) in [6.45, 7) is 3.67. The Hall–Kier alpha value is -1.33. The molecule has 0 amide bonds. The lowest BCUT2D eigenvalue weighted by molar-refractivity contribution is 0.00896. The molecule has 5 nitrogen and oxygen atoms in total. The van der Waals surface area contributed by atoms with E-state index >= 15 is 0 Å². The summed E-state index contributed by atoms with van der Waals surface area (Å²) in [5.41, 5.74) is 0.797. The van der Waals surface area contributed by atoms with Crippen LogP contribution in [0.4, 0.5) is 0 Å². The molecule has 5 heteroatoms. The van der Waals surface area contributed by atoms with Gasteiger partial charge >= 0.3 is 0 Å². The molecule has 1 aromatic heterocycles. The number of rotatable bonds is 7. The van der Waals surface area contributed by atoms with Gasteiger partial charge in [-0.3, -0.25) is 4.98 Å². The first-order valence-electron chi connectivity index (χ1n) is 7.69. The molecule has 118 valence electrons. The zero-order chi connectivity index (χ0) is 15.1. The maximum absolute atomic E-state index is 6.01. The first-order chi connectivity index (χ1) is 10.3. The van der Waals surface area contributed by atoms with Crippen molar-refractivity contribution in [2.75, 3.05) is 20.8 Å². The fourth-order valence-electron chi connectivity index (χ4n) is 2.87. The van der Waals surface area contributed by atoms with Crippen LogP contribution >= 0.6 is 0 Å². The summed E-state index contributed by atoms with van der Waals surface area (Å²) < 4.78 is 16.7. The molecule has 0 saturated heterocycles. The fourth-order valence-corrected chi connectivity index (χ4v) is 2.87. The smallest absolute Gasteiger partial charge is 0.184 e. The highest BCUT2D eigenvalue weighted by atomic mass is 16.5. The number of hydrogen-bond donors (Lipinski definition) is 1. The van der Waals surface area contributed by atoms with E-state index in [-0.39, 0.29) is 0 Å². The van der Waals surface area contributed by atoms with Crippen LogP contribution in [0.3, 0.4) is 0 Å². The largest absolute Gasteiger partial charge is 0.493 e. The summed E-state index contributed by atoms with van der Waals surface area (Å²) in [6, 6.07) is 2.45. The van der Waals surface area contributed by atoms with Gasteiger partial charge in [-0.05, 0) is 32.2 Å². The van der Waals surface area contributed by atoms with E-state index in [2.05, 4.69) is 17.2 Å². The highest BCUT2D eigenvalue weighted by molar-refractivity contribution is 5.42. The third kappa shape index (κ3) is 4.32. The van der Waals surface area contributed by atoms with Gasteiger partial charge in [0.05, 0.1) is 26.9 Å². The van der Waals surface area contributed by atoms with Crippen LogP contribution in [0.2, 0.25) is 0 Å². The van der Waals surface area contributed by atoms with E-state index in [0.717, 1.165) is 25.1 Å². The number of ether oxygens (including phenoxy) is 3. The van der Waals surface area contributed by atoms with E-state index in [0.29, 0.717) is 30.3 Å². The molecule has 0 radical (unpaired) electrons. The third-order valence-electron chi connectivity index (χ3n) is 3.99.